The molecule has 1 aromatic heterocycles. The molecule has 0 aliphatic carbocycles. The maximum absolute atomic E-state index is 12.8. The number of amides is 2. The highest BCUT2D eigenvalue weighted by Gasteiger charge is 2.36. The van der Waals surface area contributed by atoms with Crippen LogP contribution in [0.2, 0.25) is 0 Å². The van der Waals surface area contributed by atoms with Crippen molar-refractivity contribution >= 4 is 28.8 Å². The van der Waals surface area contributed by atoms with Crippen LogP contribution in [0.4, 0.5) is 0 Å². The molecule has 2 aromatic carbocycles. The van der Waals surface area contributed by atoms with Crippen molar-refractivity contribution in [1.82, 2.24) is 19.4 Å². The highest BCUT2D eigenvalue weighted by Crippen LogP contribution is 2.35. The van der Waals surface area contributed by atoms with Gasteiger partial charge in [-0.05, 0) is 43.7 Å². The number of imidazole rings is 1. The Bertz CT molecular complexity index is 1240. The fourth-order valence-corrected chi connectivity index (χ4v) is 4.03. The molecule has 0 fully saturated rings. The summed E-state index contributed by atoms with van der Waals surface area (Å²) >= 11 is 0. The van der Waals surface area contributed by atoms with E-state index in [2.05, 4.69) is 9.98 Å². The SMILES string of the molecule is Cc1nc2cccc(C(=O)N(C)C)c2n1-c1cccc(C2(C)CC(=O)N(C)C(N)=N2)c1. The Morgan fingerprint density at radius 2 is 1.90 bits per heavy atom. The van der Waals surface area contributed by atoms with Crippen molar-refractivity contribution in [2.45, 2.75) is 25.8 Å². The van der Waals surface area contributed by atoms with Gasteiger partial charge in [-0.25, -0.2) is 9.98 Å². The maximum Gasteiger partial charge on any atom is 0.255 e. The summed E-state index contributed by atoms with van der Waals surface area (Å²) in [5.41, 5.74) is 9.02. The predicted octanol–water partition coefficient (Wildman–Crippen LogP) is 2.43. The number of hydrogen-bond acceptors (Lipinski definition) is 5. The van der Waals surface area contributed by atoms with E-state index >= 15 is 0 Å². The van der Waals surface area contributed by atoms with Gasteiger partial charge in [-0.2, -0.15) is 0 Å². The lowest BCUT2D eigenvalue weighted by molar-refractivity contribution is -0.128. The number of carbonyl (C=O) groups excluding carboxylic acids is 2. The summed E-state index contributed by atoms with van der Waals surface area (Å²) in [5.74, 6) is 0.794. The third-order valence-electron chi connectivity index (χ3n) is 5.78. The molecule has 0 radical (unpaired) electrons. The molecule has 1 unspecified atom stereocenters. The summed E-state index contributed by atoms with van der Waals surface area (Å²) in [5, 5.41) is 0. The van der Waals surface area contributed by atoms with Crippen LogP contribution in [-0.2, 0) is 10.3 Å². The minimum Gasteiger partial charge on any atom is -0.369 e. The number of guanidine groups is 1. The first-order chi connectivity index (χ1) is 14.6. The zero-order chi connectivity index (χ0) is 22.5. The molecule has 3 aromatic rings. The largest absolute Gasteiger partial charge is 0.369 e. The topological polar surface area (TPSA) is 96.8 Å². The lowest BCUT2D eigenvalue weighted by Crippen LogP contribution is -2.47. The van der Waals surface area contributed by atoms with Crippen LogP contribution in [0.25, 0.3) is 16.7 Å². The Morgan fingerprint density at radius 3 is 2.58 bits per heavy atom. The number of para-hydroxylation sites is 1. The minimum atomic E-state index is -0.768. The van der Waals surface area contributed by atoms with Crippen molar-refractivity contribution in [1.29, 1.82) is 0 Å². The average molecular weight is 419 g/mol. The molecule has 0 saturated heterocycles. The molecule has 1 aliphatic rings. The second kappa shape index (κ2) is 7.23. The second-order valence-electron chi connectivity index (χ2n) is 8.29. The summed E-state index contributed by atoms with van der Waals surface area (Å²) < 4.78 is 1.97. The van der Waals surface area contributed by atoms with E-state index < -0.39 is 5.54 Å². The molecule has 1 aliphatic heterocycles. The molecule has 2 heterocycles. The average Bonchev–Trinajstić information content (AvgIpc) is 3.07. The monoisotopic (exact) mass is 418 g/mol. The van der Waals surface area contributed by atoms with Gasteiger partial charge in [-0.15, -0.1) is 0 Å². The van der Waals surface area contributed by atoms with Crippen LogP contribution >= 0.6 is 0 Å². The van der Waals surface area contributed by atoms with Gasteiger partial charge in [-0.3, -0.25) is 19.1 Å². The third-order valence-corrected chi connectivity index (χ3v) is 5.78. The van der Waals surface area contributed by atoms with Crippen molar-refractivity contribution < 1.29 is 9.59 Å². The van der Waals surface area contributed by atoms with Gasteiger partial charge in [0.25, 0.3) is 5.91 Å². The molecule has 2 amide bonds. The van der Waals surface area contributed by atoms with E-state index in [0.717, 1.165) is 28.1 Å². The van der Waals surface area contributed by atoms with E-state index in [1.165, 1.54) is 4.90 Å². The van der Waals surface area contributed by atoms with Gasteiger partial charge in [-0.1, -0.05) is 18.2 Å². The zero-order valence-electron chi connectivity index (χ0n) is 18.4. The molecule has 160 valence electrons. The zero-order valence-corrected chi connectivity index (χ0v) is 18.4. The van der Waals surface area contributed by atoms with E-state index in [4.69, 9.17) is 5.73 Å². The summed E-state index contributed by atoms with van der Waals surface area (Å²) in [6, 6.07) is 13.4. The molecular weight excluding hydrogens is 392 g/mol. The van der Waals surface area contributed by atoms with E-state index in [1.54, 1.807) is 26.0 Å². The highest BCUT2D eigenvalue weighted by atomic mass is 16.2. The number of nitrogens with zero attached hydrogens (tertiary/aromatic N) is 5. The Balaban J connectivity index is 1.91. The molecule has 4 rings (SSSR count). The number of fused-ring (bicyclic) bond motifs is 1. The fourth-order valence-electron chi connectivity index (χ4n) is 4.03. The smallest absolute Gasteiger partial charge is 0.255 e. The van der Waals surface area contributed by atoms with E-state index in [1.807, 2.05) is 60.9 Å². The van der Waals surface area contributed by atoms with Crippen LogP contribution in [-0.4, -0.2) is 58.3 Å². The van der Waals surface area contributed by atoms with Crippen LogP contribution in [0, 0.1) is 6.92 Å². The van der Waals surface area contributed by atoms with E-state index in [0.29, 0.717) is 5.56 Å². The number of carbonyl (C=O) groups is 2. The summed E-state index contributed by atoms with van der Waals surface area (Å²) in [4.78, 5) is 37.5. The maximum atomic E-state index is 12.8. The van der Waals surface area contributed by atoms with Crippen LogP contribution in [0.5, 0.6) is 0 Å². The number of nitrogens with two attached hydrogens (primary N) is 1. The lowest BCUT2D eigenvalue weighted by Gasteiger charge is -2.33. The molecule has 1 atom stereocenters. The molecule has 31 heavy (non-hydrogen) atoms. The van der Waals surface area contributed by atoms with Crippen molar-refractivity contribution in [3.8, 4) is 5.69 Å². The molecule has 0 saturated carbocycles. The van der Waals surface area contributed by atoms with Crippen LogP contribution in [0.3, 0.4) is 0 Å². The van der Waals surface area contributed by atoms with Gasteiger partial charge in [0.05, 0.1) is 28.6 Å². The minimum absolute atomic E-state index is 0.0801. The van der Waals surface area contributed by atoms with E-state index in [-0.39, 0.29) is 24.2 Å². The van der Waals surface area contributed by atoms with Gasteiger partial charge in [0.1, 0.15) is 5.82 Å². The molecule has 0 spiro atoms. The summed E-state index contributed by atoms with van der Waals surface area (Å²) in [6.45, 7) is 3.82. The van der Waals surface area contributed by atoms with Crippen molar-refractivity contribution in [3.05, 3.63) is 59.4 Å². The number of benzene rings is 2. The van der Waals surface area contributed by atoms with Gasteiger partial charge in [0.2, 0.25) is 5.91 Å². The molecular formula is C23H26N6O2. The van der Waals surface area contributed by atoms with Crippen LogP contribution < -0.4 is 5.73 Å². The first kappa shape index (κ1) is 20.6. The predicted molar refractivity (Wildman–Crippen MR) is 120 cm³/mol. The fraction of sp³-hybridized carbons (Fsp3) is 0.304. The standard InChI is InChI=1S/C23H26N6O2/c1-14-25-18-11-7-10-17(21(31)27(3)4)20(18)29(14)16-9-6-8-15(12-16)23(2)13-19(30)28(5)22(24)26-23/h6-12H,13H2,1-5H3,(H2,24,26). The first-order valence-corrected chi connectivity index (χ1v) is 10.0. The summed E-state index contributed by atoms with van der Waals surface area (Å²) in [7, 11) is 5.09. The first-order valence-electron chi connectivity index (χ1n) is 10.0. The number of rotatable bonds is 3. The Morgan fingerprint density at radius 1 is 1.19 bits per heavy atom. The molecule has 0 bridgehead atoms. The van der Waals surface area contributed by atoms with Crippen molar-refractivity contribution in [2.75, 3.05) is 21.1 Å². The van der Waals surface area contributed by atoms with Crippen molar-refractivity contribution in [3.63, 3.8) is 0 Å². The summed E-state index contributed by atoms with van der Waals surface area (Å²) in [6.07, 6.45) is 0.224. The number of aliphatic imine (C=N–C) groups is 1. The van der Waals surface area contributed by atoms with Gasteiger partial charge in [0, 0.05) is 26.8 Å². The Kier molecular flexibility index (Phi) is 4.80. The van der Waals surface area contributed by atoms with Gasteiger partial charge < -0.3 is 10.6 Å². The van der Waals surface area contributed by atoms with Crippen molar-refractivity contribution in [2.24, 2.45) is 10.7 Å². The molecule has 2 N–H and O–H groups in total. The quantitative estimate of drug-likeness (QED) is 0.706. The highest BCUT2D eigenvalue weighted by molar-refractivity contribution is 6.05. The van der Waals surface area contributed by atoms with Gasteiger partial charge >= 0.3 is 0 Å². The molecule has 8 heteroatoms. The Hall–Kier alpha value is -3.68. The normalized spacial score (nSPS) is 18.9. The van der Waals surface area contributed by atoms with E-state index in [9.17, 15) is 9.59 Å². The van der Waals surface area contributed by atoms with Crippen LogP contribution in [0.1, 0.15) is 35.1 Å². The second-order valence-corrected chi connectivity index (χ2v) is 8.29. The van der Waals surface area contributed by atoms with Crippen LogP contribution in [0.15, 0.2) is 47.5 Å². The number of aryl methyl sites for hydroxylation is 1. The Labute approximate surface area is 181 Å². The molecule has 8 nitrogen and oxygen atoms in total. The van der Waals surface area contributed by atoms with Gasteiger partial charge in [0.15, 0.2) is 5.96 Å². The lowest BCUT2D eigenvalue weighted by atomic mass is 9.87. The number of hydrogen-bond donors (Lipinski definition) is 1. The number of aromatic nitrogens is 2. The third kappa shape index (κ3) is 3.34.